The number of carboxylic acids is 1. The molecule has 0 aromatic heterocycles. The molecule has 1 heterocycles. The minimum absolute atomic E-state index is 0.0907. The molecule has 7 heteroatoms. The van der Waals surface area contributed by atoms with Crippen molar-refractivity contribution in [3.63, 3.8) is 0 Å². The van der Waals surface area contributed by atoms with Gasteiger partial charge in [-0.25, -0.2) is 0 Å². The van der Waals surface area contributed by atoms with Gasteiger partial charge in [0.15, 0.2) is 6.61 Å². The number of unbranched alkanes of at least 4 members (excludes halogenated alkanes) is 2. The van der Waals surface area contributed by atoms with E-state index >= 15 is 0 Å². The number of carboxylic acid groups (broad SMARTS) is 1. The summed E-state index contributed by atoms with van der Waals surface area (Å²) in [4.78, 5) is 35.6. The largest absolute Gasteiger partial charge is 0.484 e. The molecule has 0 saturated carbocycles. The lowest BCUT2D eigenvalue weighted by Gasteiger charge is -2.16. The van der Waals surface area contributed by atoms with Crippen LogP contribution in [0.5, 0.6) is 5.75 Å². The molecule has 25 heavy (non-hydrogen) atoms. The third kappa shape index (κ3) is 6.45. The number of amides is 2. The topological polar surface area (TPSA) is 95.9 Å². The van der Waals surface area contributed by atoms with Gasteiger partial charge >= 0.3 is 5.97 Å². The molecular weight excluding hydrogens is 324 g/mol. The number of ether oxygens (including phenoxy) is 1. The maximum Gasteiger partial charge on any atom is 0.303 e. The van der Waals surface area contributed by atoms with Crippen LogP contribution in [0.15, 0.2) is 24.3 Å². The van der Waals surface area contributed by atoms with Gasteiger partial charge in [0.05, 0.1) is 0 Å². The molecule has 0 radical (unpaired) electrons. The first-order valence-corrected chi connectivity index (χ1v) is 8.58. The van der Waals surface area contributed by atoms with Crippen LogP contribution in [0, 0.1) is 0 Å². The summed E-state index contributed by atoms with van der Waals surface area (Å²) in [6.45, 7) is 1.13. The number of aliphatic carboxylic acids is 1. The van der Waals surface area contributed by atoms with Gasteiger partial charge < -0.3 is 20.1 Å². The first kappa shape index (κ1) is 18.8. The number of anilines is 1. The van der Waals surface area contributed by atoms with Crippen LogP contribution < -0.4 is 15.0 Å². The molecule has 0 unspecified atom stereocenters. The summed E-state index contributed by atoms with van der Waals surface area (Å²) < 4.78 is 5.49. The van der Waals surface area contributed by atoms with Crippen molar-refractivity contribution in [1.82, 2.24) is 5.32 Å². The van der Waals surface area contributed by atoms with Crippen LogP contribution in [0.2, 0.25) is 0 Å². The maximum atomic E-state index is 11.8. The highest BCUT2D eigenvalue weighted by Gasteiger charge is 2.21. The highest BCUT2D eigenvalue weighted by molar-refractivity contribution is 5.95. The Kier molecular flexibility index (Phi) is 7.25. The van der Waals surface area contributed by atoms with Crippen molar-refractivity contribution < 1.29 is 24.2 Å². The number of rotatable bonds is 10. The predicted molar refractivity (Wildman–Crippen MR) is 92.6 cm³/mol. The highest BCUT2D eigenvalue weighted by Crippen LogP contribution is 2.25. The Morgan fingerprint density at radius 3 is 2.80 bits per heavy atom. The summed E-state index contributed by atoms with van der Waals surface area (Å²) >= 11 is 0. The summed E-state index contributed by atoms with van der Waals surface area (Å²) in [5.74, 6) is -0.359. The van der Waals surface area contributed by atoms with Gasteiger partial charge in [0.2, 0.25) is 5.91 Å². The lowest BCUT2D eigenvalue weighted by atomic mass is 10.2. The molecule has 136 valence electrons. The molecule has 2 amide bonds. The third-order valence-corrected chi connectivity index (χ3v) is 3.96. The summed E-state index contributed by atoms with van der Waals surface area (Å²) in [7, 11) is 0. The number of benzene rings is 1. The number of carbonyl (C=O) groups excluding carboxylic acids is 2. The lowest BCUT2D eigenvalue weighted by Crippen LogP contribution is -2.29. The van der Waals surface area contributed by atoms with Crippen LogP contribution in [0.3, 0.4) is 0 Å². The third-order valence-electron chi connectivity index (χ3n) is 3.96. The fourth-order valence-electron chi connectivity index (χ4n) is 2.67. The van der Waals surface area contributed by atoms with Crippen LogP contribution >= 0.6 is 0 Å². The predicted octanol–water partition coefficient (Wildman–Crippen LogP) is 1.95. The first-order chi connectivity index (χ1) is 12.1. The number of hydrogen-bond acceptors (Lipinski definition) is 4. The Hall–Kier alpha value is -2.57. The van der Waals surface area contributed by atoms with E-state index in [0.29, 0.717) is 31.7 Å². The number of carbonyl (C=O) groups is 3. The van der Waals surface area contributed by atoms with Crippen LogP contribution in [0.1, 0.15) is 38.5 Å². The van der Waals surface area contributed by atoms with E-state index in [4.69, 9.17) is 9.84 Å². The van der Waals surface area contributed by atoms with Crippen molar-refractivity contribution >= 4 is 23.5 Å². The zero-order valence-electron chi connectivity index (χ0n) is 14.2. The van der Waals surface area contributed by atoms with Crippen LogP contribution in [-0.2, 0) is 14.4 Å². The minimum Gasteiger partial charge on any atom is -0.484 e. The van der Waals surface area contributed by atoms with E-state index in [1.54, 1.807) is 23.1 Å². The van der Waals surface area contributed by atoms with Gasteiger partial charge in [-0.15, -0.1) is 0 Å². The second kappa shape index (κ2) is 9.66. The van der Waals surface area contributed by atoms with E-state index in [1.165, 1.54) is 0 Å². The maximum absolute atomic E-state index is 11.8. The molecule has 1 aliphatic heterocycles. The van der Waals surface area contributed by atoms with Crippen molar-refractivity contribution in [1.29, 1.82) is 0 Å². The normalized spacial score (nSPS) is 13.8. The Morgan fingerprint density at radius 1 is 1.24 bits per heavy atom. The van der Waals surface area contributed by atoms with Crippen LogP contribution in [0.25, 0.3) is 0 Å². The summed E-state index contributed by atoms with van der Waals surface area (Å²) in [6.07, 6.45) is 3.71. The van der Waals surface area contributed by atoms with Crippen molar-refractivity contribution in [3.05, 3.63) is 24.3 Å². The Morgan fingerprint density at radius 2 is 2.08 bits per heavy atom. The molecule has 2 N–H and O–H groups in total. The smallest absolute Gasteiger partial charge is 0.303 e. The quantitative estimate of drug-likeness (QED) is 0.630. The van der Waals surface area contributed by atoms with Gasteiger partial charge in [-0.1, -0.05) is 12.5 Å². The molecule has 1 fully saturated rings. The van der Waals surface area contributed by atoms with Crippen LogP contribution in [-0.4, -0.2) is 42.6 Å². The van der Waals surface area contributed by atoms with E-state index in [2.05, 4.69) is 5.32 Å². The second-order valence-corrected chi connectivity index (χ2v) is 5.99. The number of nitrogens with one attached hydrogen (secondary N) is 1. The summed E-state index contributed by atoms with van der Waals surface area (Å²) in [6, 6.07) is 7.18. The van der Waals surface area contributed by atoms with E-state index in [-0.39, 0.29) is 24.8 Å². The molecule has 0 aliphatic carbocycles. The first-order valence-electron chi connectivity index (χ1n) is 8.58. The molecule has 0 spiro atoms. The second-order valence-electron chi connectivity index (χ2n) is 5.99. The van der Waals surface area contributed by atoms with E-state index < -0.39 is 5.97 Å². The molecule has 1 aliphatic rings. The monoisotopic (exact) mass is 348 g/mol. The SMILES string of the molecule is O=C(O)CCCCCNC(=O)COc1cccc(N2CCCC2=O)c1. The zero-order chi connectivity index (χ0) is 18.1. The fourth-order valence-corrected chi connectivity index (χ4v) is 2.67. The standard InChI is InChI=1S/C18H24N2O5/c21-16(19-10-3-1-2-9-18(23)24)13-25-15-7-4-6-14(12-15)20-11-5-8-17(20)22/h4,6-7,12H,1-3,5,8-11,13H2,(H,19,21)(H,23,24). The Labute approximate surface area is 147 Å². The van der Waals surface area contributed by atoms with Crippen molar-refractivity contribution in [2.45, 2.75) is 38.5 Å². The van der Waals surface area contributed by atoms with Crippen molar-refractivity contribution in [2.24, 2.45) is 0 Å². The zero-order valence-corrected chi connectivity index (χ0v) is 14.2. The van der Waals surface area contributed by atoms with Gasteiger partial charge in [-0.05, 0) is 31.4 Å². The van der Waals surface area contributed by atoms with Gasteiger partial charge in [-0.3, -0.25) is 14.4 Å². The average molecular weight is 348 g/mol. The molecular formula is C18H24N2O5. The average Bonchev–Trinajstić information content (AvgIpc) is 3.02. The number of hydrogen-bond donors (Lipinski definition) is 2. The molecule has 2 rings (SSSR count). The highest BCUT2D eigenvalue weighted by atomic mass is 16.5. The van der Waals surface area contributed by atoms with Crippen LogP contribution in [0.4, 0.5) is 5.69 Å². The molecule has 0 atom stereocenters. The molecule has 1 saturated heterocycles. The summed E-state index contributed by atoms with van der Waals surface area (Å²) in [5.41, 5.74) is 0.791. The van der Waals surface area contributed by atoms with Gasteiger partial charge in [0.25, 0.3) is 5.91 Å². The van der Waals surface area contributed by atoms with Gasteiger partial charge in [0.1, 0.15) is 5.75 Å². The fraction of sp³-hybridized carbons (Fsp3) is 0.500. The molecule has 7 nitrogen and oxygen atoms in total. The lowest BCUT2D eigenvalue weighted by molar-refractivity contribution is -0.137. The van der Waals surface area contributed by atoms with E-state index in [0.717, 1.165) is 24.9 Å². The van der Waals surface area contributed by atoms with Gasteiger partial charge in [0, 0.05) is 37.7 Å². The Bertz CT molecular complexity index is 617. The molecule has 1 aromatic rings. The summed E-state index contributed by atoms with van der Waals surface area (Å²) in [5, 5.41) is 11.3. The van der Waals surface area contributed by atoms with Gasteiger partial charge in [-0.2, -0.15) is 0 Å². The van der Waals surface area contributed by atoms with Crippen molar-refractivity contribution in [3.8, 4) is 5.75 Å². The molecule has 1 aromatic carbocycles. The van der Waals surface area contributed by atoms with E-state index in [9.17, 15) is 14.4 Å². The number of nitrogens with zero attached hydrogens (tertiary/aromatic N) is 1. The Balaban J connectivity index is 1.67. The van der Waals surface area contributed by atoms with E-state index in [1.807, 2.05) is 6.07 Å². The molecule has 0 bridgehead atoms. The van der Waals surface area contributed by atoms with Crippen molar-refractivity contribution in [2.75, 3.05) is 24.6 Å². The minimum atomic E-state index is -0.796.